The van der Waals surface area contributed by atoms with Crippen LogP contribution < -0.4 is 14.8 Å². The first-order valence-corrected chi connectivity index (χ1v) is 7.28. The standard InChI is InChI=1S/C16H18N2O4/c1-4-20-15-7-11-5-9(2)21-14(11)8-12(15)17-16(19)13-6-10(3)22-18-13/h6-9H,4-5H2,1-3H3,(H,17,19)/t9-/m0/s1. The van der Waals surface area contributed by atoms with Crippen LogP contribution in [0.2, 0.25) is 0 Å². The van der Waals surface area contributed by atoms with E-state index in [1.54, 1.807) is 19.1 Å². The number of anilines is 1. The Bertz CT molecular complexity index is 708. The molecule has 116 valence electrons. The Morgan fingerprint density at radius 3 is 2.95 bits per heavy atom. The van der Waals surface area contributed by atoms with Gasteiger partial charge in [0.25, 0.3) is 5.91 Å². The van der Waals surface area contributed by atoms with Gasteiger partial charge in [0.15, 0.2) is 5.69 Å². The van der Waals surface area contributed by atoms with Gasteiger partial charge in [-0.05, 0) is 26.8 Å². The highest BCUT2D eigenvalue weighted by atomic mass is 16.5. The number of carbonyl (C=O) groups excluding carboxylic acids is 1. The highest BCUT2D eigenvalue weighted by molar-refractivity contribution is 6.03. The van der Waals surface area contributed by atoms with Crippen molar-refractivity contribution in [3.8, 4) is 11.5 Å². The molecule has 6 nitrogen and oxygen atoms in total. The molecular formula is C16H18N2O4. The van der Waals surface area contributed by atoms with Crippen LogP contribution in [0.1, 0.15) is 35.7 Å². The third-order valence-corrected chi connectivity index (χ3v) is 3.41. The second-order valence-corrected chi connectivity index (χ2v) is 5.30. The summed E-state index contributed by atoms with van der Waals surface area (Å²) in [6.45, 7) is 6.16. The number of carbonyl (C=O) groups is 1. The smallest absolute Gasteiger partial charge is 0.277 e. The molecule has 1 N–H and O–H groups in total. The third-order valence-electron chi connectivity index (χ3n) is 3.41. The van der Waals surface area contributed by atoms with Crippen LogP contribution in [-0.4, -0.2) is 23.8 Å². The van der Waals surface area contributed by atoms with Gasteiger partial charge in [-0.2, -0.15) is 0 Å². The molecule has 0 bridgehead atoms. The van der Waals surface area contributed by atoms with Crippen molar-refractivity contribution in [2.75, 3.05) is 11.9 Å². The van der Waals surface area contributed by atoms with Crippen molar-refractivity contribution in [3.63, 3.8) is 0 Å². The summed E-state index contributed by atoms with van der Waals surface area (Å²) in [5.41, 5.74) is 1.89. The van der Waals surface area contributed by atoms with Gasteiger partial charge < -0.3 is 19.3 Å². The van der Waals surface area contributed by atoms with Crippen molar-refractivity contribution in [2.45, 2.75) is 33.3 Å². The lowest BCUT2D eigenvalue weighted by molar-refractivity contribution is 0.101. The molecule has 0 fully saturated rings. The number of nitrogens with one attached hydrogen (secondary N) is 1. The highest BCUT2D eigenvalue weighted by Gasteiger charge is 2.23. The maximum Gasteiger partial charge on any atom is 0.277 e. The molecule has 1 aliphatic heterocycles. The van der Waals surface area contributed by atoms with Gasteiger partial charge in [-0.25, -0.2) is 0 Å². The molecule has 1 aromatic heterocycles. The predicted octanol–water partition coefficient (Wildman–Crippen LogP) is 2.96. The van der Waals surface area contributed by atoms with Crippen molar-refractivity contribution < 1.29 is 18.8 Å². The molecular weight excluding hydrogens is 284 g/mol. The number of ether oxygens (including phenoxy) is 2. The summed E-state index contributed by atoms with van der Waals surface area (Å²) in [6.07, 6.45) is 0.972. The number of hydrogen-bond donors (Lipinski definition) is 1. The van der Waals surface area contributed by atoms with Crippen LogP contribution in [0.4, 0.5) is 5.69 Å². The first kappa shape index (κ1) is 14.4. The minimum Gasteiger partial charge on any atom is -0.492 e. The Morgan fingerprint density at radius 1 is 1.45 bits per heavy atom. The fourth-order valence-corrected chi connectivity index (χ4v) is 2.47. The van der Waals surface area contributed by atoms with Gasteiger partial charge in [-0.1, -0.05) is 5.16 Å². The van der Waals surface area contributed by atoms with E-state index in [2.05, 4.69) is 10.5 Å². The second-order valence-electron chi connectivity index (χ2n) is 5.30. The number of aromatic nitrogens is 1. The Hall–Kier alpha value is -2.50. The lowest BCUT2D eigenvalue weighted by Gasteiger charge is -2.12. The van der Waals surface area contributed by atoms with Gasteiger partial charge in [0.1, 0.15) is 23.4 Å². The molecule has 1 aromatic carbocycles. The van der Waals surface area contributed by atoms with Crippen LogP contribution in [0.3, 0.4) is 0 Å². The van der Waals surface area contributed by atoms with Gasteiger partial charge in [0, 0.05) is 24.1 Å². The molecule has 2 aromatic rings. The number of rotatable bonds is 4. The molecule has 0 saturated heterocycles. The number of hydrogen-bond acceptors (Lipinski definition) is 5. The number of amides is 1. The number of aryl methyl sites for hydroxylation is 1. The number of benzene rings is 1. The quantitative estimate of drug-likeness (QED) is 0.940. The summed E-state index contributed by atoms with van der Waals surface area (Å²) < 4.78 is 16.3. The Kier molecular flexibility index (Phi) is 3.75. The lowest BCUT2D eigenvalue weighted by atomic mass is 10.1. The third kappa shape index (κ3) is 2.77. The highest BCUT2D eigenvalue weighted by Crippen LogP contribution is 2.38. The molecule has 0 spiro atoms. The predicted molar refractivity (Wildman–Crippen MR) is 80.6 cm³/mol. The molecule has 0 aliphatic carbocycles. The van der Waals surface area contributed by atoms with E-state index >= 15 is 0 Å². The lowest BCUT2D eigenvalue weighted by Crippen LogP contribution is -2.13. The van der Waals surface area contributed by atoms with Crippen LogP contribution in [0.25, 0.3) is 0 Å². The normalized spacial score (nSPS) is 16.0. The maximum atomic E-state index is 12.2. The molecule has 0 unspecified atom stereocenters. The summed E-state index contributed by atoms with van der Waals surface area (Å²) in [5, 5.41) is 6.52. The molecule has 3 rings (SSSR count). The van der Waals surface area contributed by atoms with E-state index in [0.29, 0.717) is 23.8 Å². The number of fused-ring (bicyclic) bond motifs is 1. The van der Waals surface area contributed by atoms with E-state index in [9.17, 15) is 4.79 Å². The van der Waals surface area contributed by atoms with Gasteiger partial charge in [-0.15, -0.1) is 0 Å². The molecule has 6 heteroatoms. The van der Waals surface area contributed by atoms with Crippen molar-refractivity contribution in [1.29, 1.82) is 0 Å². The monoisotopic (exact) mass is 302 g/mol. The minimum absolute atomic E-state index is 0.133. The average Bonchev–Trinajstić information content (AvgIpc) is 3.04. The van der Waals surface area contributed by atoms with Gasteiger partial charge >= 0.3 is 0 Å². The van der Waals surface area contributed by atoms with Crippen LogP contribution in [-0.2, 0) is 6.42 Å². The van der Waals surface area contributed by atoms with Crippen LogP contribution >= 0.6 is 0 Å². The average molecular weight is 302 g/mol. The summed E-state index contributed by atoms with van der Waals surface area (Å²) in [5.74, 6) is 1.65. The van der Waals surface area contributed by atoms with Crippen molar-refractivity contribution in [3.05, 3.63) is 35.2 Å². The molecule has 1 amide bonds. The number of nitrogens with zero attached hydrogens (tertiary/aromatic N) is 1. The fourth-order valence-electron chi connectivity index (χ4n) is 2.47. The molecule has 1 aliphatic rings. The molecule has 0 saturated carbocycles. The summed E-state index contributed by atoms with van der Waals surface area (Å²) in [6, 6.07) is 5.31. The van der Waals surface area contributed by atoms with Crippen LogP contribution in [0.5, 0.6) is 11.5 Å². The minimum atomic E-state index is -0.344. The SMILES string of the molecule is CCOc1cc2c(cc1NC(=O)c1cc(C)on1)O[C@@H](C)C2. The van der Waals surface area contributed by atoms with Gasteiger partial charge in [0.2, 0.25) is 0 Å². The Morgan fingerprint density at radius 2 is 2.27 bits per heavy atom. The topological polar surface area (TPSA) is 73.6 Å². The molecule has 2 heterocycles. The van der Waals surface area contributed by atoms with E-state index in [4.69, 9.17) is 14.0 Å². The zero-order valence-electron chi connectivity index (χ0n) is 12.8. The van der Waals surface area contributed by atoms with Crippen LogP contribution in [0.15, 0.2) is 22.7 Å². The summed E-state index contributed by atoms with van der Waals surface area (Å²) in [4.78, 5) is 12.2. The maximum absolute atomic E-state index is 12.2. The van der Waals surface area contributed by atoms with E-state index < -0.39 is 0 Å². The fraction of sp³-hybridized carbons (Fsp3) is 0.375. The molecule has 1 atom stereocenters. The van der Waals surface area contributed by atoms with E-state index in [1.807, 2.05) is 19.9 Å². The zero-order chi connectivity index (χ0) is 15.7. The van der Waals surface area contributed by atoms with Crippen LogP contribution in [0, 0.1) is 6.92 Å². The Balaban J connectivity index is 1.89. The molecule has 22 heavy (non-hydrogen) atoms. The largest absolute Gasteiger partial charge is 0.492 e. The van der Waals surface area contributed by atoms with E-state index in [-0.39, 0.29) is 17.7 Å². The molecule has 0 radical (unpaired) electrons. The van der Waals surface area contributed by atoms with E-state index in [1.165, 1.54) is 0 Å². The van der Waals surface area contributed by atoms with Crippen molar-refractivity contribution in [1.82, 2.24) is 5.16 Å². The van der Waals surface area contributed by atoms with Gasteiger partial charge in [-0.3, -0.25) is 4.79 Å². The summed E-state index contributed by atoms with van der Waals surface area (Å²) >= 11 is 0. The summed E-state index contributed by atoms with van der Waals surface area (Å²) in [7, 11) is 0. The first-order chi connectivity index (χ1) is 10.6. The second kappa shape index (κ2) is 5.71. The zero-order valence-corrected chi connectivity index (χ0v) is 12.8. The Labute approximate surface area is 128 Å². The first-order valence-electron chi connectivity index (χ1n) is 7.28. The van der Waals surface area contributed by atoms with Crippen molar-refractivity contribution >= 4 is 11.6 Å². The van der Waals surface area contributed by atoms with Gasteiger partial charge in [0.05, 0.1) is 12.3 Å². The van der Waals surface area contributed by atoms with Crippen molar-refractivity contribution in [2.24, 2.45) is 0 Å². The van der Waals surface area contributed by atoms with E-state index in [0.717, 1.165) is 17.7 Å².